The van der Waals surface area contributed by atoms with Crippen LogP contribution in [0, 0.1) is 5.92 Å². The number of hydrogen-bond acceptors (Lipinski definition) is 4. The molecule has 1 atom stereocenters. The largest absolute Gasteiger partial charge is 0.376 e. The molecule has 0 bridgehead atoms. The molecule has 1 unspecified atom stereocenters. The summed E-state index contributed by atoms with van der Waals surface area (Å²) in [5, 5.41) is 0.807. The maximum Gasteiger partial charge on any atom is 0.297 e. The predicted molar refractivity (Wildman–Crippen MR) is 85.9 cm³/mol. The van der Waals surface area contributed by atoms with Crippen molar-refractivity contribution < 1.29 is 13.5 Å². The second kappa shape index (κ2) is 6.74. The quantitative estimate of drug-likeness (QED) is 0.861. The minimum atomic E-state index is -2.68. The minimum absolute atomic E-state index is 0.0706. The Kier molecular flexibility index (Phi) is 4.71. The van der Waals surface area contributed by atoms with Gasteiger partial charge in [-0.2, -0.15) is 0 Å². The molecule has 0 saturated carbocycles. The van der Waals surface area contributed by atoms with Crippen LogP contribution in [0.1, 0.15) is 32.5 Å². The third-order valence-corrected chi connectivity index (χ3v) is 4.14. The molecule has 2 aromatic rings. The van der Waals surface area contributed by atoms with Crippen molar-refractivity contribution >= 4 is 16.7 Å². The number of aromatic nitrogens is 2. The van der Waals surface area contributed by atoms with Gasteiger partial charge in [-0.3, -0.25) is 0 Å². The molecule has 0 aliphatic carbocycles. The number of alkyl halides is 2. The zero-order valence-electron chi connectivity index (χ0n) is 13.4. The maximum absolute atomic E-state index is 13.2. The van der Waals surface area contributed by atoms with Gasteiger partial charge in [-0.25, -0.2) is 18.7 Å². The van der Waals surface area contributed by atoms with Crippen LogP contribution >= 0.6 is 0 Å². The Hall–Kier alpha value is -1.82. The van der Waals surface area contributed by atoms with Crippen molar-refractivity contribution in [2.45, 2.75) is 32.8 Å². The average molecular weight is 321 g/mol. The number of para-hydroxylation sites is 1. The molecule has 1 aromatic heterocycles. The molecule has 0 amide bonds. The summed E-state index contributed by atoms with van der Waals surface area (Å²) in [4.78, 5) is 10.2. The monoisotopic (exact) mass is 321 g/mol. The van der Waals surface area contributed by atoms with E-state index in [1.54, 1.807) is 12.1 Å². The molecule has 0 spiro atoms. The number of fused-ring (bicyclic) bond motifs is 1. The van der Waals surface area contributed by atoms with Gasteiger partial charge in [0.05, 0.1) is 11.6 Å². The summed E-state index contributed by atoms with van der Waals surface area (Å²) < 4.78 is 32.2. The highest BCUT2D eigenvalue weighted by Crippen LogP contribution is 2.29. The molecule has 124 valence electrons. The molecular weight excluding hydrogens is 300 g/mol. The first-order valence-electron chi connectivity index (χ1n) is 7.97. The Morgan fingerprint density at radius 2 is 2.00 bits per heavy atom. The first-order valence-corrected chi connectivity index (χ1v) is 7.97. The van der Waals surface area contributed by atoms with Crippen molar-refractivity contribution in [3.05, 3.63) is 30.1 Å². The van der Waals surface area contributed by atoms with E-state index in [0.717, 1.165) is 18.4 Å². The van der Waals surface area contributed by atoms with Gasteiger partial charge in [-0.1, -0.05) is 26.0 Å². The van der Waals surface area contributed by atoms with Crippen molar-refractivity contribution in [2.24, 2.45) is 5.92 Å². The van der Waals surface area contributed by atoms with E-state index < -0.39 is 12.2 Å². The molecule has 0 radical (unpaired) electrons. The van der Waals surface area contributed by atoms with E-state index in [0.29, 0.717) is 30.4 Å². The SMILES string of the molecule is CC(C)C1CN(c2nc(C(F)F)nc3ccccc23)CCCO1. The zero-order chi connectivity index (χ0) is 16.4. The van der Waals surface area contributed by atoms with E-state index in [2.05, 4.69) is 28.7 Å². The van der Waals surface area contributed by atoms with Crippen LogP contribution in [0.4, 0.5) is 14.6 Å². The van der Waals surface area contributed by atoms with E-state index in [9.17, 15) is 8.78 Å². The molecule has 0 N–H and O–H groups in total. The molecule has 1 aromatic carbocycles. The lowest BCUT2D eigenvalue weighted by Crippen LogP contribution is -2.35. The fraction of sp³-hybridized carbons (Fsp3) is 0.529. The third-order valence-electron chi connectivity index (χ3n) is 4.14. The molecule has 3 rings (SSSR count). The molecule has 1 fully saturated rings. The van der Waals surface area contributed by atoms with Crippen LogP contribution < -0.4 is 4.90 Å². The highest BCUT2D eigenvalue weighted by atomic mass is 19.3. The van der Waals surface area contributed by atoms with E-state index in [-0.39, 0.29) is 6.10 Å². The summed E-state index contributed by atoms with van der Waals surface area (Å²) in [6, 6.07) is 7.32. The second-order valence-corrected chi connectivity index (χ2v) is 6.18. The van der Waals surface area contributed by atoms with Crippen molar-refractivity contribution in [1.29, 1.82) is 0 Å². The van der Waals surface area contributed by atoms with Crippen LogP contribution in [0.25, 0.3) is 10.9 Å². The topological polar surface area (TPSA) is 38.2 Å². The highest BCUT2D eigenvalue weighted by molar-refractivity contribution is 5.89. The van der Waals surface area contributed by atoms with E-state index in [1.165, 1.54) is 0 Å². The van der Waals surface area contributed by atoms with Crippen molar-refractivity contribution in [1.82, 2.24) is 9.97 Å². The van der Waals surface area contributed by atoms with Crippen molar-refractivity contribution in [3.63, 3.8) is 0 Å². The number of halogens is 2. The van der Waals surface area contributed by atoms with E-state index >= 15 is 0 Å². The van der Waals surface area contributed by atoms with Gasteiger partial charge in [0.15, 0.2) is 5.82 Å². The second-order valence-electron chi connectivity index (χ2n) is 6.18. The van der Waals surface area contributed by atoms with Crippen molar-refractivity contribution in [3.8, 4) is 0 Å². The first-order chi connectivity index (χ1) is 11.1. The number of hydrogen-bond donors (Lipinski definition) is 0. The minimum Gasteiger partial charge on any atom is -0.376 e. The fourth-order valence-electron chi connectivity index (χ4n) is 2.86. The lowest BCUT2D eigenvalue weighted by Gasteiger charge is -2.28. The summed E-state index contributed by atoms with van der Waals surface area (Å²) in [5.41, 5.74) is 0.555. The summed E-state index contributed by atoms with van der Waals surface area (Å²) in [5.74, 6) is 0.533. The molecule has 1 saturated heterocycles. The van der Waals surface area contributed by atoms with Gasteiger partial charge in [0.1, 0.15) is 5.82 Å². The van der Waals surface area contributed by atoms with E-state index in [1.807, 2.05) is 12.1 Å². The zero-order valence-corrected chi connectivity index (χ0v) is 13.4. The van der Waals surface area contributed by atoms with Crippen molar-refractivity contribution in [2.75, 3.05) is 24.6 Å². The van der Waals surface area contributed by atoms with Gasteiger partial charge in [-0.15, -0.1) is 0 Å². The molecule has 6 heteroatoms. The Labute approximate surface area is 134 Å². The Morgan fingerprint density at radius 1 is 1.22 bits per heavy atom. The lowest BCUT2D eigenvalue weighted by molar-refractivity contribution is 0.0375. The predicted octanol–water partition coefficient (Wildman–Crippen LogP) is 3.82. The van der Waals surface area contributed by atoms with Crippen LogP contribution in [0.2, 0.25) is 0 Å². The highest BCUT2D eigenvalue weighted by Gasteiger charge is 2.25. The summed E-state index contributed by atoms with van der Waals surface area (Å²) in [7, 11) is 0. The molecular formula is C17H21F2N3O. The molecule has 2 heterocycles. The number of benzene rings is 1. The standard InChI is InChI=1S/C17H21F2N3O/c1-11(2)14-10-22(8-5-9-23-14)17-12-6-3-4-7-13(12)20-16(21-17)15(18)19/h3-4,6-7,11,14-15H,5,8-10H2,1-2H3. The van der Waals surface area contributed by atoms with Gasteiger partial charge in [0.25, 0.3) is 6.43 Å². The van der Waals surface area contributed by atoms with E-state index in [4.69, 9.17) is 4.74 Å². The smallest absolute Gasteiger partial charge is 0.297 e. The molecule has 1 aliphatic heterocycles. The maximum atomic E-state index is 13.2. The molecule has 23 heavy (non-hydrogen) atoms. The Morgan fingerprint density at radius 3 is 2.74 bits per heavy atom. The van der Waals surface area contributed by atoms with Crippen LogP contribution in [-0.4, -0.2) is 35.8 Å². The van der Waals surface area contributed by atoms with Crippen LogP contribution in [-0.2, 0) is 4.74 Å². The molecule has 4 nitrogen and oxygen atoms in total. The average Bonchev–Trinajstić information content (AvgIpc) is 2.80. The van der Waals surface area contributed by atoms with Gasteiger partial charge >= 0.3 is 0 Å². The number of anilines is 1. The Bertz CT molecular complexity index is 678. The number of ether oxygens (including phenoxy) is 1. The van der Waals surface area contributed by atoms with Gasteiger partial charge in [0, 0.05) is 25.1 Å². The number of rotatable bonds is 3. The number of nitrogens with zero attached hydrogens (tertiary/aromatic N) is 3. The normalized spacial score (nSPS) is 19.6. The van der Waals surface area contributed by atoms with Crippen LogP contribution in [0.15, 0.2) is 24.3 Å². The lowest BCUT2D eigenvalue weighted by atomic mass is 10.1. The van der Waals surface area contributed by atoms with Gasteiger partial charge in [-0.05, 0) is 24.5 Å². The summed E-state index contributed by atoms with van der Waals surface area (Å²) in [6.45, 7) is 6.30. The Balaban J connectivity index is 2.06. The van der Waals surface area contributed by atoms with Gasteiger partial charge < -0.3 is 9.64 Å². The van der Waals surface area contributed by atoms with Crippen LogP contribution in [0.5, 0.6) is 0 Å². The molecule has 1 aliphatic rings. The van der Waals surface area contributed by atoms with Gasteiger partial charge in [0.2, 0.25) is 0 Å². The fourth-order valence-corrected chi connectivity index (χ4v) is 2.86. The third kappa shape index (κ3) is 3.42. The summed E-state index contributed by atoms with van der Waals surface area (Å²) >= 11 is 0. The van der Waals surface area contributed by atoms with Crippen LogP contribution in [0.3, 0.4) is 0 Å². The first kappa shape index (κ1) is 16.1. The summed E-state index contributed by atoms with van der Waals surface area (Å²) in [6.07, 6.45) is -1.75.